The van der Waals surface area contributed by atoms with E-state index in [1.165, 1.54) is 31.2 Å². The van der Waals surface area contributed by atoms with E-state index in [-0.39, 0.29) is 30.1 Å². The second-order valence-electron chi connectivity index (χ2n) is 11.6. The number of aromatic nitrogens is 4. The first kappa shape index (κ1) is 31.5. The molecule has 2 saturated carbocycles. The number of amides is 2. The molecule has 3 aromatic rings. The summed E-state index contributed by atoms with van der Waals surface area (Å²) >= 11 is 0. The molecular weight excluding hydrogens is 597 g/mol. The van der Waals surface area contributed by atoms with E-state index in [4.69, 9.17) is 0 Å². The summed E-state index contributed by atoms with van der Waals surface area (Å²) in [7, 11) is -3.26. The average molecular weight is 635 g/mol. The molecule has 2 fully saturated rings. The van der Waals surface area contributed by atoms with Crippen LogP contribution >= 0.6 is 0 Å². The fourth-order valence-corrected chi connectivity index (χ4v) is 6.43. The topological polar surface area (TPSA) is 145 Å². The summed E-state index contributed by atoms with van der Waals surface area (Å²) in [6.07, 6.45) is 5.46. The molecule has 0 unspecified atom stereocenters. The van der Waals surface area contributed by atoms with Crippen molar-refractivity contribution in [3.63, 3.8) is 0 Å². The number of carbonyl (C=O) groups is 1. The molecule has 4 N–H and O–H groups in total. The van der Waals surface area contributed by atoms with Gasteiger partial charge in [-0.1, -0.05) is 18.9 Å². The molecule has 2 amide bonds. The lowest BCUT2D eigenvalue weighted by molar-refractivity contribution is -0.137. The molecule has 0 atom stereocenters. The first-order valence-electron chi connectivity index (χ1n) is 14.8. The quantitative estimate of drug-likeness (QED) is 0.226. The van der Waals surface area contributed by atoms with Crippen LogP contribution in [0.4, 0.5) is 41.2 Å². The van der Waals surface area contributed by atoms with E-state index in [1.54, 1.807) is 12.3 Å². The number of anilines is 4. The number of carbonyl (C=O) groups excluding carboxylic acids is 1. The van der Waals surface area contributed by atoms with Gasteiger partial charge in [0.25, 0.3) is 0 Å². The Morgan fingerprint density at radius 1 is 1.05 bits per heavy atom. The molecule has 2 aromatic heterocycles. The molecule has 2 aliphatic rings. The fraction of sp³-hybridized carbons (Fsp3) is 0.517. The summed E-state index contributed by atoms with van der Waals surface area (Å²) in [5.74, 6) is 1.99. The van der Waals surface area contributed by atoms with Gasteiger partial charge in [0.1, 0.15) is 15.7 Å². The number of nitrogens with one attached hydrogen (secondary N) is 4. The van der Waals surface area contributed by atoms with Crippen LogP contribution in [0.5, 0.6) is 0 Å². The molecule has 5 rings (SSSR count). The van der Waals surface area contributed by atoms with Crippen LogP contribution in [-0.2, 0) is 16.0 Å². The SMILES string of the molecule is CS(=O)(=O)CCN(c1nccc(Nc2cc(C3CCCC3)[nH]n2)n1)[C@H]1CC[C@H](NC(=O)Nc2cccc(C(F)(F)F)c2)CC1. The third-order valence-electron chi connectivity index (χ3n) is 8.17. The monoisotopic (exact) mass is 634 g/mol. The highest BCUT2D eigenvalue weighted by atomic mass is 32.2. The molecule has 44 heavy (non-hydrogen) atoms. The van der Waals surface area contributed by atoms with E-state index >= 15 is 0 Å². The normalized spacial score (nSPS) is 19.5. The zero-order chi connectivity index (χ0) is 31.3. The molecule has 0 radical (unpaired) electrons. The maximum atomic E-state index is 13.0. The summed E-state index contributed by atoms with van der Waals surface area (Å²) in [6.45, 7) is 0.204. The van der Waals surface area contributed by atoms with Crippen molar-refractivity contribution in [2.75, 3.05) is 34.1 Å². The third-order valence-corrected chi connectivity index (χ3v) is 9.10. The van der Waals surface area contributed by atoms with Crippen LogP contribution in [0, 0.1) is 0 Å². The number of rotatable bonds is 10. The first-order chi connectivity index (χ1) is 20.9. The number of hydrogen-bond donors (Lipinski definition) is 4. The number of sulfone groups is 1. The molecule has 0 bridgehead atoms. The van der Waals surface area contributed by atoms with Crippen molar-refractivity contribution in [3.05, 3.63) is 53.9 Å². The average Bonchev–Trinajstić information content (AvgIpc) is 3.66. The van der Waals surface area contributed by atoms with Crippen molar-refractivity contribution in [3.8, 4) is 0 Å². The standard InChI is InChI=1S/C29H37F3N8O3S/c1-44(42,43)16-15-40(27-33-14-13-25(37-27)36-26-18-24(38-39-26)19-5-2-3-6-19)23-11-9-21(10-12-23)34-28(41)35-22-8-4-7-20(17-22)29(30,31)32/h4,7-8,13-14,17-19,21,23H,2-3,5-6,9-12,15-16H2,1H3,(H2,34,35,41)(H2,33,36,37,38,39)/t21-,23-. The van der Waals surface area contributed by atoms with Gasteiger partial charge in [-0.15, -0.1) is 0 Å². The number of H-pyrrole nitrogens is 1. The van der Waals surface area contributed by atoms with Gasteiger partial charge in [0, 0.05) is 54.4 Å². The van der Waals surface area contributed by atoms with Crippen molar-refractivity contribution in [2.24, 2.45) is 0 Å². The molecule has 0 saturated heterocycles. The number of alkyl halides is 3. The Hall–Kier alpha value is -3.88. The predicted octanol–water partition coefficient (Wildman–Crippen LogP) is 5.60. The van der Waals surface area contributed by atoms with Gasteiger partial charge in [-0.05, 0) is 62.8 Å². The zero-order valence-corrected chi connectivity index (χ0v) is 25.2. The molecule has 0 spiro atoms. The lowest BCUT2D eigenvalue weighted by Gasteiger charge is -2.37. The summed E-state index contributed by atoms with van der Waals surface area (Å²) in [4.78, 5) is 23.6. The van der Waals surface area contributed by atoms with Crippen LogP contribution < -0.4 is 20.9 Å². The Kier molecular flexibility index (Phi) is 9.61. The van der Waals surface area contributed by atoms with Crippen molar-refractivity contribution in [2.45, 2.75) is 75.5 Å². The largest absolute Gasteiger partial charge is 0.416 e. The van der Waals surface area contributed by atoms with Gasteiger partial charge in [0.05, 0.1) is 11.3 Å². The lowest BCUT2D eigenvalue weighted by atomic mass is 9.90. The number of benzene rings is 1. The van der Waals surface area contributed by atoms with Crippen molar-refractivity contribution in [1.82, 2.24) is 25.5 Å². The number of urea groups is 1. The third kappa shape index (κ3) is 8.61. The van der Waals surface area contributed by atoms with Crippen molar-refractivity contribution < 1.29 is 26.4 Å². The van der Waals surface area contributed by atoms with Crippen LogP contribution in [0.3, 0.4) is 0 Å². The Balaban J connectivity index is 1.21. The van der Waals surface area contributed by atoms with E-state index < -0.39 is 27.6 Å². The Bertz CT molecular complexity index is 1530. The van der Waals surface area contributed by atoms with Crippen LogP contribution in [0.2, 0.25) is 0 Å². The van der Waals surface area contributed by atoms with Gasteiger partial charge in [-0.25, -0.2) is 18.2 Å². The molecule has 2 aliphatic carbocycles. The maximum absolute atomic E-state index is 13.0. The molecule has 11 nitrogen and oxygen atoms in total. The minimum atomic E-state index is -4.51. The van der Waals surface area contributed by atoms with Crippen LogP contribution in [-0.4, -0.2) is 65.3 Å². The Labute approximate surface area is 254 Å². The smallest absolute Gasteiger partial charge is 0.337 e. The Morgan fingerprint density at radius 2 is 1.80 bits per heavy atom. The van der Waals surface area contributed by atoms with E-state index in [0.29, 0.717) is 49.2 Å². The highest BCUT2D eigenvalue weighted by molar-refractivity contribution is 7.90. The second kappa shape index (κ2) is 13.4. The van der Waals surface area contributed by atoms with Gasteiger partial charge < -0.3 is 20.9 Å². The van der Waals surface area contributed by atoms with Gasteiger partial charge in [-0.3, -0.25) is 5.10 Å². The summed E-state index contributed by atoms with van der Waals surface area (Å²) in [6, 6.07) is 7.34. The molecule has 2 heterocycles. The molecule has 238 valence electrons. The minimum Gasteiger partial charge on any atom is -0.337 e. The predicted molar refractivity (Wildman–Crippen MR) is 162 cm³/mol. The number of aromatic amines is 1. The van der Waals surface area contributed by atoms with E-state index in [1.807, 2.05) is 11.0 Å². The molecule has 15 heteroatoms. The summed E-state index contributed by atoms with van der Waals surface area (Å²) < 4.78 is 63.2. The lowest BCUT2D eigenvalue weighted by Crippen LogP contribution is -2.46. The van der Waals surface area contributed by atoms with Crippen molar-refractivity contribution in [1.29, 1.82) is 0 Å². The van der Waals surface area contributed by atoms with Crippen LogP contribution in [0.25, 0.3) is 0 Å². The van der Waals surface area contributed by atoms with Gasteiger partial charge in [0.15, 0.2) is 5.82 Å². The van der Waals surface area contributed by atoms with Crippen LogP contribution in [0.15, 0.2) is 42.6 Å². The fourth-order valence-electron chi connectivity index (χ4n) is 5.90. The molecular formula is C29H37F3N8O3S. The van der Waals surface area contributed by atoms with Gasteiger partial charge >= 0.3 is 12.2 Å². The van der Waals surface area contributed by atoms with E-state index in [0.717, 1.165) is 30.7 Å². The highest BCUT2D eigenvalue weighted by Crippen LogP contribution is 2.34. The number of halogens is 3. The summed E-state index contributed by atoms with van der Waals surface area (Å²) in [5.41, 5.74) is 0.306. The zero-order valence-electron chi connectivity index (χ0n) is 24.4. The van der Waals surface area contributed by atoms with E-state index in [9.17, 15) is 26.4 Å². The first-order valence-corrected chi connectivity index (χ1v) is 16.8. The van der Waals surface area contributed by atoms with Gasteiger partial charge in [-0.2, -0.15) is 23.3 Å². The minimum absolute atomic E-state index is 0.0493. The molecule has 0 aliphatic heterocycles. The van der Waals surface area contributed by atoms with E-state index in [2.05, 4.69) is 36.1 Å². The Morgan fingerprint density at radius 3 is 2.50 bits per heavy atom. The maximum Gasteiger partial charge on any atom is 0.416 e. The van der Waals surface area contributed by atoms with Crippen molar-refractivity contribution >= 4 is 39.1 Å². The van der Waals surface area contributed by atoms with Gasteiger partial charge in [0.2, 0.25) is 5.95 Å². The number of nitrogens with zero attached hydrogens (tertiary/aromatic N) is 4. The summed E-state index contributed by atoms with van der Waals surface area (Å²) in [5, 5.41) is 16.1. The highest BCUT2D eigenvalue weighted by Gasteiger charge is 2.31. The molecule has 1 aromatic carbocycles. The second-order valence-corrected chi connectivity index (χ2v) is 13.8. The number of hydrogen-bond acceptors (Lipinski definition) is 8. The van der Waals surface area contributed by atoms with Crippen LogP contribution in [0.1, 0.15) is 68.5 Å².